The number of primary amides is 1. The van der Waals surface area contributed by atoms with E-state index in [9.17, 15) is 13.9 Å². The molecule has 0 atom stereocenters. The molecule has 3 heterocycles. The standard InChI is InChI=1S/C18H20N2O4S/c19-18(21)15-8-13(12-1-4-24-10-12)7-14-16(9-20-17(14)15)11-2-5-25(22,23)6-3-11/h1,4,7-11,20,22-23H,2-3,5-6H2,(H2,19,21). The van der Waals surface area contributed by atoms with E-state index < -0.39 is 16.5 Å². The van der Waals surface area contributed by atoms with Gasteiger partial charge in [0.2, 0.25) is 0 Å². The molecule has 1 aliphatic rings. The number of benzene rings is 1. The summed E-state index contributed by atoms with van der Waals surface area (Å²) in [5.41, 5.74) is 9.60. The Labute approximate surface area is 146 Å². The van der Waals surface area contributed by atoms with Crippen LogP contribution in [-0.2, 0) is 0 Å². The Morgan fingerprint density at radius 1 is 1.24 bits per heavy atom. The molecule has 132 valence electrons. The van der Waals surface area contributed by atoms with Gasteiger partial charge in [-0.3, -0.25) is 13.9 Å². The van der Waals surface area contributed by atoms with E-state index in [0.29, 0.717) is 17.1 Å². The first-order valence-electron chi connectivity index (χ1n) is 8.15. The van der Waals surface area contributed by atoms with Gasteiger partial charge in [0, 0.05) is 28.7 Å². The van der Waals surface area contributed by atoms with E-state index in [1.807, 2.05) is 18.3 Å². The molecule has 6 nitrogen and oxygen atoms in total. The van der Waals surface area contributed by atoms with Gasteiger partial charge in [-0.15, -0.1) is 0 Å². The van der Waals surface area contributed by atoms with E-state index in [2.05, 4.69) is 4.98 Å². The number of carbonyl (C=O) groups is 1. The van der Waals surface area contributed by atoms with Gasteiger partial charge >= 0.3 is 0 Å². The summed E-state index contributed by atoms with van der Waals surface area (Å²) in [6.07, 6.45) is 6.58. The van der Waals surface area contributed by atoms with Crippen LogP contribution in [-0.4, -0.2) is 31.5 Å². The number of fused-ring (bicyclic) bond motifs is 1. The lowest BCUT2D eigenvalue weighted by Crippen LogP contribution is -2.19. The molecule has 25 heavy (non-hydrogen) atoms. The molecule has 0 aliphatic carbocycles. The van der Waals surface area contributed by atoms with Crippen LogP contribution < -0.4 is 5.73 Å². The summed E-state index contributed by atoms with van der Waals surface area (Å²) in [7, 11) is -2.42. The average molecular weight is 360 g/mol. The van der Waals surface area contributed by atoms with Crippen molar-refractivity contribution < 1.29 is 18.3 Å². The summed E-state index contributed by atoms with van der Waals surface area (Å²) in [5, 5.41) is 0.955. The summed E-state index contributed by atoms with van der Waals surface area (Å²) >= 11 is 0. The van der Waals surface area contributed by atoms with E-state index >= 15 is 0 Å². The van der Waals surface area contributed by atoms with E-state index in [1.54, 1.807) is 18.6 Å². The van der Waals surface area contributed by atoms with Gasteiger partial charge in [0.15, 0.2) is 0 Å². The van der Waals surface area contributed by atoms with Crippen molar-refractivity contribution in [1.82, 2.24) is 4.98 Å². The van der Waals surface area contributed by atoms with E-state index in [4.69, 9.17) is 10.2 Å². The molecule has 7 heteroatoms. The number of aromatic nitrogens is 1. The third-order valence-corrected chi connectivity index (χ3v) is 6.75. The minimum Gasteiger partial charge on any atom is -0.472 e. The zero-order valence-electron chi connectivity index (χ0n) is 13.6. The van der Waals surface area contributed by atoms with Crippen LogP contribution in [0.5, 0.6) is 0 Å². The van der Waals surface area contributed by atoms with Crippen LogP contribution in [0.4, 0.5) is 0 Å². The normalized spacial score (nSPS) is 19.1. The summed E-state index contributed by atoms with van der Waals surface area (Å²) in [5.74, 6) is 0.596. The summed E-state index contributed by atoms with van der Waals surface area (Å²) in [6.45, 7) is 0. The monoisotopic (exact) mass is 360 g/mol. The SMILES string of the molecule is NC(=O)c1cc(-c2ccoc2)cc2c(C3CCS(O)(O)CC3)c[nH]c12. The van der Waals surface area contributed by atoms with Crippen molar-refractivity contribution in [1.29, 1.82) is 0 Å². The lowest BCUT2D eigenvalue weighted by Gasteiger charge is -2.39. The van der Waals surface area contributed by atoms with E-state index in [0.717, 1.165) is 40.4 Å². The minimum absolute atomic E-state index is 0.231. The van der Waals surface area contributed by atoms with E-state index in [-0.39, 0.29) is 5.92 Å². The number of nitrogens with two attached hydrogens (primary N) is 1. The van der Waals surface area contributed by atoms with E-state index in [1.165, 1.54) is 0 Å². The highest BCUT2D eigenvalue weighted by molar-refractivity contribution is 8.24. The fraction of sp³-hybridized carbons (Fsp3) is 0.278. The Bertz CT molecular complexity index is 920. The topological polar surface area (TPSA) is 112 Å². The minimum atomic E-state index is -2.42. The van der Waals surface area contributed by atoms with Crippen molar-refractivity contribution in [2.24, 2.45) is 5.73 Å². The first-order chi connectivity index (χ1) is 11.9. The number of amides is 1. The fourth-order valence-corrected chi connectivity index (χ4v) is 5.13. The lowest BCUT2D eigenvalue weighted by molar-refractivity contribution is 0.100. The van der Waals surface area contributed by atoms with Crippen LogP contribution in [0.2, 0.25) is 0 Å². The summed E-state index contributed by atoms with van der Waals surface area (Å²) in [4.78, 5) is 15.1. The highest BCUT2D eigenvalue weighted by Gasteiger charge is 2.27. The fourth-order valence-electron chi connectivity index (χ4n) is 3.60. The third-order valence-electron chi connectivity index (χ3n) is 4.97. The number of aromatic amines is 1. The molecular weight excluding hydrogens is 340 g/mol. The molecule has 1 fully saturated rings. The van der Waals surface area contributed by atoms with Gasteiger partial charge in [0.05, 0.1) is 23.6 Å². The van der Waals surface area contributed by atoms with Gasteiger partial charge in [-0.25, -0.2) is 0 Å². The number of hydrogen-bond acceptors (Lipinski definition) is 4. The largest absolute Gasteiger partial charge is 0.472 e. The molecule has 5 N–H and O–H groups in total. The second kappa shape index (κ2) is 5.94. The van der Waals surface area contributed by atoms with Crippen molar-refractivity contribution in [3.05, 3.63) is 48.0 Å². The molecule has 0 radical (unpaired) electrons. The smallest absolute Gasteiger partial charge is 0.250 e. The molecule has 2 aromatic heterocycles. The van der Waals surface area contributed by atoms with Gasteiger partial charge < -0.3 is 15.1 Å². The lowest BCUT2D eigenvalue weighted by atomic mass is 9.91. The highest BCUT2D eigenvalue weighted by atomic mass is 32.3. The molecule has 4 rings (SSSR count). The van der Waals surface area contributed by atoms with Crippen molar-refractivity contribution in [2.75, 3.05) is 11.5 Å². The van der Waals surface area contributed by atoms with Crippen LogP contribution in [0.1, 0.15) is 34.7 Å². The maximum Gasteiger partial charge on any atom is 0.250 e. The Morgan fingerprint density at radius 3 is 2.64 bits per heavy atom. The third kappa shape index (κ3) is 2.95. The maximum absolute atomic E-state index is 11.9. The first kappa shape index (κ1) is 16.3. The van der Waals surface area contributed by atoms with Crippen LogP contribution in [0.3, 0.4) is 0 Å². The van der Waals surface area contributed by atoms with Crippen molar-refractivity contribution in [2.45, 2.75) is 18.8 Å². The molecular formula is C18H20N2O4S. The second-order valence-electron chi connectivity index (χ2n) is 6.55. The summed E-state index contributed by atoms with van der Waals surface area (Å²) in [6, 6.07) is 5.65. The quantitative estimate of drug-likeness (QED) is 0.562. The van der Waals surface area contributed by atoms with Crippen LogP contribution in [0.15, 0.2) is 41.3 Å². The maximum atomic E-state index is 11.9. The van der Waals surface area contributed by atoms with Gasteiger partial charge in [-0.2, -0.15) is 10.6 Å². The molecule has 0 spiro atoms. The Morgan fingerprint density at radius 2 is 2.00 bits per heavy atom. The number of H-pyrrole nitrogens is 1. The van der Waals surface area contributed by atoms with Gasteiger partial charge in [-0.05, 0) is 48.1 Å². The molecule has 0 saturated carbocycles. The number of carbonyl (C=O) groups excluding carboxylic acids is 1. The first-order valence-corrected chi connectivity index (χ1v) is 10.0. The summed E-state index contributed by atoms with van der Waals surface area (Å²) < 4.78 is 24.9. The zero-order valence-corrected chi connectivity index (χ0v) is 14.4. The highest BCUT2D eigenvalue weighted by Crippen LogP contribution is 2.49. The van der Waals surface area contributed by atoms with Gasteiger partial charge in [0.25, 0.3) is 5.91 Å². The molecule has 1 aromatic carbocycles. The number of furan rings is 1. The number of hydrogen-bond donors (Lipinski definition) is 4. The predicted octanol–water partition coefficient (Wildman–Crippen LogP) is 4.15. The van der Waals surface area contributed by atoms with Crippen LogP contribution in [0.25, 0.3) is 22.0 Å². The molecule has 0 unspecified atom stereocenters. The molecule has 1 saturated heterocycles. The number of nitrogens with one attached hydrogen (secondary N) is 1. The predicted molar refractivity (Wildman–Crippen MR) is 99.1 cm³/mol. The van der Waals surface area contributed by atoms with Gasteiger partial charge in [-0.1, -0.05) is 0 Å². The van der Waals surface area contributed by atoms with Crippen LogP contribution >= 0.6 is 10.6 Å². The molecule has 3 aromatic rings. The molecule has 1 aliphatic heterocycles. The van der Waals surface area contributed by atoms with Gasteiger partial charge in [0.1, 0.15) is 0 Å². The van der Waals surface area contributed by atoms with Crippen molar-refractivity contribution in [3.8, 4) is 11.1 Å². The second-order valence-corrected chi connectivity index (χ2v) is 8.97. The Kier molecular flexibility index (Phi) is 3.87. The van der Waals surface area contributed by atoms with Crippen LogP contribution in [0, 0.1) is 0 Å². The number of rotatable bonds is 3. The average Bonchev–Trinajstić information content (AvgIpc) is 3.23. The zero-order chi connectivity index (χ0) is 17.6. The molecule has 1 amide bonds. The van der Waals surface area contributed by atoms with Crippen molar-refractivity contribution in [3.63, 3.8) is 0 Å². The molecule has 0 bridgehead atoms. The Hall–Kier alpha value is -2.22. The van der Waals surface area contributed by atoms with Crippen molar-refractivity contribution >= 4 is 27.4 Å². The Balaban J connectivity index is 1.83.